The molecule has 15 heteroatoms. The van der Waals surface area contributed by atoms with Crippen LogP contribution in [-0.2, 0) is 4.79 Å². The van der Waals surface area contributed by atoms with E-state index >= 15 is 4.39 Å². The van der Waals surface area contributed by atoms with Crippen molar-refractivity contribution in [3.05, 3.63) is 34.4 Å². The Balaban J connectivity index is 1.32. The van der Waals surface area contributed by atoms with Gasteiger partial charge in [0.15, 0.2) is 11.6 Å². The number of carbonyl (C=O) groups is 1. The first kappa shape index (κ1) is 32.2. The average Bonchev–Trinajstić information content (AvgIpc) is 3.84. The highest BCUT2D eigenvalue weighted by Gasteiger charge is 2.49. The highest BCUT2D eigenvalue weighted by molar-refractivity contribution is 7.23. The number of nitrogens with two attached hydrogens (primary N) is 1. The molecule has 0 spiro atoms. The first-order valence-electron chi connectivity index (χ1n) is 16.4. The van der Waals surface area contributed by atoms with Crippen molar-refractivity contribution in [1.29, 1.82) is 5.26 Å². The number of aromatic nitrogens is 2. The van der Waals surface area contributed by atoms with E-state index in [-0.39, 0.29) is 90.5 Å². The molecule has 2 aromatic carbocycles. The van der Waals surface area contributed by atoms with E-state index in [0.717, 1.165) is 30.7 Å². The number of amides is 1. The van der Waals surface area contributed by atoms with E-state index in [0.29, 0.717) is 44.6 Å². The Labute approximate surface area is 288 Å². The van der Waals surface area contributed by atoms with Crippen LogP contribution in [0.2, 0.25) is 5.02 Å². The number of fused-ring (bicyclic) bond motifs is 2. The van der Waals surface area contributed by atoms with Crippen LogP contribution in [-0.4, -0.2) is 78.4 Å². The summed E-state index contributed by atoms with van der Waals surface area (Å²) >= 11 is 7.93. The molecular weight excluding hydrogens is 679 g/mol. The van der Waals surface area contributed by atoms with Crippen molar-refractivity contribution in [3.8, 4) is 29.0 Å². The second kappa shape index (κ2) is 12.1. The Hall–Kier alpha value is -4.06. The molecule has 3 aliphatic heterocycles. The van der Waals surface area contributed by atoms with Crippen molar-refractivity contribution >= 4 is 60.7 Å². The van der Waals surface area contributed by atoms with E-state index in [1.807, 2.05) is 11.0 Å². The van der Waals surface area contributed by atoms with E-state index in [1.54, 1.807) is 7.05 Å². The van der Waals surface area contributed by atoms with Crippen LogP contribution < -0.4 is 25.4 Å². The molecule has 256 valence electrons. The zero-order valence-corrected chi connectivity index (χ0v) is 28.2. The fraction of sp³-hybridized carbons (Fsp3) is 0.471. The molecule has 49 heavy (non-hydrogen) atoms. The van der Waals surface area contributed by atoms with Crippen molar-refractivity contribution < 1.29 is 27.4 Å². The first-order valence-corrected chi connectivity index (χ1v) is 17.6. The van der Waals surface area contributed by atoms with Crippen molar-refractivity contribution in [1.82, 2.24) is 20.2 Å². The lowest BCUT2D eigenvalue weighted by molar-refractivity contribution is -0.124. The fourth-order valence-corrected chi connectivity index (χ4v) is 9.71. The summed E-state index contributed by atoms with van der Waals surface area (Å²) in [7, 11) is 1.62. The number of alkyl halides is 1. The minimum atomic E-state index is -0.962. The molecule has 8 rings (SSSR count). The van der Waals surface area contributed by atoms with Gasteiger partial charge in [-0.05, 0) is 50.3 Å². The van der Waals surface area contributed by atoms with Gasteiger partial charge >= 0.3 is 6.01 Å². The van der Waals surface area contributed by atoms with Crippen molar-refractivity contribution in [2.75, 3.05) is 50.5 Å². The number of thiophene rings is 1. The Kier molecular flexibility index (Phi) is 7.92. The SMILES string of the molecule is CNC(=O)C1CCC(N2CCOc3c(Cl)c(-c4ccc(F)c5sc(N)c(C#N)c45)c(F)c4nc(OC[C@@]56CCCN5C[C@H](F)C6)nc2c34)C1. The Bertz CT molecular complexity index is 2070. The lowest BCUT2D eigenvalue weighted by Crippen LogP contribution is -2.43. The summed E-state index contributed by atoms with van der Waals surface area (Å²) in [5.74, 6) is -1.15. The molecule has 4 aliphatic rings. The zero-order chi connectivity index (χ0) is 34.2. The first-order chi connectivity index (χ1) is 23.6. The van der Waals surface area contributed by atoms with Crippen LogP contribution in [0.1, 0.15) is 44.1 Å². The van der Waals surface area contributed by atoms with Crippen molar-refractivity contribution in [2.24, 2.45) is 5.92 Å². The van der Waals surface area contributed by atoms with Gasteiger partial charge in [-0.25, -0.2) is 13.2 Å². The normalized spacial score (nSPS) is 25.0. The summed E-state index contributed by atoms with van der Waals surface area (Å²) in [5, 5.41) is 13.1. The molecule has 0 bridgehead atoms. The van der Waals surface area contributed by atoms with Gasteiger partial charge in [-0.15, -0.1) is 11.3 Å². The zero-order valence-electron chi connectivity index (χ0n) is 26.6. The number of ether oxygens (including phenoxy) is 2. The van der Waals surface area contributed by atoms with Gasteiger partial charge in [0, 0.05) is 42.9 Å². The Morgan fingerprint density at radius 2 is 2.12 bits per heavy atom. The number of nitrogen functional groups attached to an aromatic ring is 1. The number of carbonyl (C=O) groups excluding carboxylic acids is 1. The van der Waals surface area contributed by atoms with Gasteiger partial charge in [0.05, 0.1) is 32.8 Å². The largest absolute Gasteiger partial charge is 0.489 e. The molecule has 3 N–H and O–H groups in total. The molecule has 3 fully saturated rings. The second-order valence-corrected chi connectivity index (χ2v) is 14.8. The van der Waals surface area contributed by atoms with Crippen molar-refractivity contribution in [2.45, 2.75) is 56.3 Å². The molecule has 4 atom stereocenters. The van der Waals surface area contributed by atoms with E-state index < -0.39 is 23.3 Å². The number of hydrogen-bond donors (Lipinski definition) is 2. The molecule has 1 aliphatic carbocycles. The lowest BCUT2D eigenvalue weighted by atomic mass is 9.95. The van der Waals surface area contributed by atoms with Crippen LogP contribution in [0, 0.1) is 28.9 Å². The minimum Gasteiger partial charge on any atom is -0.489 e. The summed E-state index contributed by atoms with van der Waals surface area (Å²) < 4.78 is 59.4. The third kappa shape index (κ3) is 5.03. The number of benzene rings is 2. The van der Waals surface area contributed by atoms with Crippen LogP contribution in [0.25, 0.3) is 32.1 Å². The summed E-state index contributed by atoms with van der Waals surface area (Å²) in [6.07, 6.45) is 2.99. The van der Waals surface area contributed by atoms with Crippen LogP contribution in [0.15, 0.2) is 12.1 Å². The van der Waals surface area contributed by atoms with Crippen molar-refractivity contribution in [3.63, 3.8) is 0 Å². The van der Waals surface area contributed by atoms with Gasteiger partial charge in [-0.1, -0.05) is 17.7 Å². The number of anilines is 2. The predicted molar refractivity (Wildman–Crippen MR) is 181 cm³/mol. The highest BCUT2D eigenvalue weighted by Crippen LogP contribution is 2.51. The maximum atomic E-state index is 17.2. The summed E-state index contributed by atoms with van der Waals surface area (Å²) in [6, 6.07) is 4.39. The quantitative estimate of drug-likeness (QED) is 0.249. The number of hydrogen-bond acceptors (Lipinski definition) is 10. The summed E-state index contributed by atoms with van der Waals surface area (Å²) in [5.41, 5.74) is 5.54. The fourth-order valence-electron chi connectivity index (χ4n) is 8.43. The molecule has 1 amide bonds. The standard InChI is InChI=1S/C34H33ClF3N7O3S/c1-41-32(46)16-3-4-18(11-16)45-9-10-47-28-24-27(42-33(43-31(24)45)48-15-34-7-2-8-44(34)14-17(36)12-34)26(38)23(25(28)35)19-5-6-21(37)29-22(19)20(13-39)30(40)49-29/h5-6,16-18H,2-4,7-12,14-15,40H2,1H3,(H,41,46)/t16?,17-,18?,34+/m1/s1. The van der Waals surface area contributed by atoms with Gasteiger partial charge in [0.25, 0.3) is 0 Å². The number of nitrogens with one attached hydrogen (secondary N) is 1. The van der Waals surface area contributed by atoms with Gasteiger partial charge in [-0.2, -0.15) is 15.2 Å². The van der Waals surface area contributed by atoms with E-state index in [2.05, 4.69) is 15.2 Å². The van der Waals surface area contributed by atoms with E-state index in [1.165, 1.54) is 12.1 Å². The number of rotatable bonds is 6. The summed E-state index contributed by atoms with van der Waals surface area (Å²) in [6.45, 7) is 1.77. The van der Waals surface area contributed by atoms with Crippen LogP contribution in [0.3, 0.4) is 0 Å². The van der Waals surface area contributed by atoms with Gasteiger partial charge < -0.3 is 25.4 Å². The molecule has 2 unspecified atom stereocenters. The van der Waals surface area contributed by atoms with Crippen LogP contribution in [0.5, 0.6) is 11.8 Å². The Morgan fingerprint density at radius 1 is 1.29 bits per heavy atom. The lowest BCUT2D eigenvalue weighted by Gasteiger charge is -2.32. The smallest absolute Gasteiger partial charge is 0.319 e. The number of nitrogens with zero attached hydrogens (tertiary/aromatic N) is 5. The molecule has 5 heterocycles. The number of nitriles is 1. The molecule has 2 aromatic heterocycles. The topological polar surface area (TPSA) is 130 Å². The summed E-state index contributed by atoms with van der Waals surface area (Å²) in [4.78, 5) is 26.1. The maximum Gasteiger partial charge on any atom is 0.319 e. The molecule has 2 saturated heterocycles. The third-order valence-electron chi connectivity index (χ3n) is 10.7. The molecular formula is C34H33ClF3N7O3S. The monoisotopic (exact) mass is 711 g/mol. The second-order valence-electron chi connectivity index (χ2n) is 13.3. The third-order valence-corrected chi connectivity index (χ3v) is 12.1. The van der Waals surface area contributed by atoms with Crippen LogP contribution in [0.4, 0.5) is 24.0 Å². The molecule has 1 saturated carbocycles. The maximum absolute atomic E-state index is 17.2. The minimum absolute atomic E-state index is 0.0189. The molecule has 4 aromatic rings. The van der Waals surface area contributed by atoms with Gasteiger partial charge in [-0.3, -0.25) is 9.69 Å². The van der Waals surface area contributed by atoms with Gasteiger partial charge in [0.1, 0.15) is 47.6 Å². The van der Waals surface area contributed by atoms with E-state index in [9.17, 15) is 18.8 Å². The average molecular weight is 712 g/mol. The predicted octanol–water partition coefficient (Wildman–Crippen LogP) is 5.97. The Morgan fingerprint density at radius 3 is 2.92 bits per heavy atom. The molecule has 0 radical (unpaired) electrons. The molecule has 10 nitrogen and oxygen atoms in total. The highest BCUT2D eigenvalue weighted by atomic mass is 35.5. The van der Waals surface area contributed by atoms with Crippen LogP contribution >= 0.6 is 22.9 Å². The number of halogens is 4. The van der Waals surface area contributed by atoms with E-state index in [4.69, 9.17) is 31.8 Å². The van der Waals surface area contributed by atoms with Gasteiger partial charge in [0.2, 0.25) is 5.91 Å².